The summed E-state index contributed by atoms with van der Waals surface area (Å²) in [5.41, 5.74) is 0. The molecule has 0 atom stereocenters. The number of aryl methyl sites for hydroxylation is 2. The fourth-order valence-electron chi connectivity index (χ4n) is 1.63. The maximum absolute atomic E-state index is 5.50. The Hall–Kier alpha value is -2.04. The van der Waals surface area contributed by atoms with Crippen molar-refractivity contribution in [1.29, 1.82) is 0 Å². The van der Waals surface area contributed by atoms with Gasteiger partial charge < -0.3 is 15.1 Å². The summed E-state index contributed by atoms with van der Waals surface area (Å²) >= 11 is 0. The van der Waals surface area contributed by atoms with Crippen molar-refractivity contribution in [2.24, 2.45) is 0 Å². The molecule has 18 heavy (non-hydrogen) atoms. The van der Waals surface area contributed by atoms with E-state index in [1.54, 1.807) is 0 Å². The van der Waals surface area contributed by atoms with Crippen LogP contribution in [0.25, 0.3) is 0 Å². The van der Waals surface area contributed by atoms with E-state index in [2.05, 4.69) is 20.6 Å². The first-order valence-electron chi connectivity index (χ1n) is 6.06. The Morgan fingerprint density at radius 3 is 2.61 bits per heavy atom. The third-order valence-corrected chi connectivity index (χ3v) is 2.58. The van der Waals surface area contributed by atoms with Gasteiger partial charge in [-0.3, -0.25) is 0 Å². The van der Waals surface area contributed by atoms with E-state index < -0.39 is 0 Å². The van der Waals surface area contributed by atoms with Crippen LogP contribution in [0, 0.1) is 6.92 Å². The van der Waals surface area contributed by atoms with E-state index in [4.69, 9.17) is 4.42 Å². The number of hydrogen-bond acceptors (Lipinski definition) is 5. The van der Waals surface area contributed by atoms with Gasteiger partial charge in [0.25, 0.3) is 0 Å². The first kappa shape index (κ1) is 12.4. The van der Waals surface area contributed by atoms with Crippen molar-refractivity contribution in [3.05, 3.63) is 35.5 Å². The smallest absolute Gasteiger partial charge is 0.132 e. The van der Waals surface area contributed by atoms with Crippen molar-refractivity contribution < 1.29 is 4.42 Å². The van der Waals surface area contributed by atoms with E-state index in [0.29, 0.717) is 6.54 Å². The van der Waals surface area contributed by atoms with Crippen molar-refractivity contribution >= 4 is 11.6 Å². The molecule has 0 bridgehead atoms. The molecule has 0 spiro atoms. The minimum atomic E-state index is 0.622. The van der Waals surface area contributed by atoms with Crippen LogP contribution in [0.3, 0.4) is 0 Å². The van der Waals surface area contributed by atoms with Gasteiger partial charge in [-0.15, -0.1) is 0 Å². The summed E-state index contributed by atoms with van der Waals surface area (Å²) in [7, 11) is 1.85. The van der Waals surface area contributed by atoms with Crippen molar-refractivity contribution in [3.63, 3.8) is 0 Å². The SMILES string of the molecule is CCc1nc(NC)cc(NCc2ccc(C)o2)n1. The van der Waals surface area contributed by atoms with Crippen LogP contribution in [0.5, 0.6) is 0 Å². The number of aromatic nitrogens is 2. The lowest BCUT2D eigenvalue weighted by Gasteiger charge is -2.08. The quantitative estimate of drug-likeness (QED) is 0.849. The molecule has 0 aliphatic heterocycles. The van der Waals surface area contributed by atoms with Crippen LogP contribution in [-0.4, -0.2) is 17.0 Å². The monoisotopic (exact) mass is 246 g/mol. The Morgan fingerprint density at radius 2 is 2.00 bits per heavy atom. The van der Waals surface area contributed by atoms with Crippen LogP contribution >= 0.6 is 0 Å². The van der Waals surface area contributed by atoms with Crippen LogP contribution in [0.4, 0.5) is 11.6 Å². The molecule has 0 fully saturated rings. The van der Waals surface area contributed by atoms with Gasteiger partial charge >= 0.3 is 0 Å². The molecule has 0 aliphatic carbocycles. The summed E-state index contributed by atoms with van der Waals surface area (Å²) in [4.78, 5) is 8.76. The van der Waals surface area contributed by atoms with Gasteiger partial charge in [-0.2, -0.15) is 0 Å². The summed E-state index contributed by atoms with van der Waals surface area (Å²) < 4.78 is 5.50. The minimum absolute atomic E-state index is 0.622. The molecule has 0 saturated heterocycles. The number of hydrogen-bond donors (Lipinski definition) is 2. The van der Waals surface area contributed by atoms with Gasteiger partial charge in [-0.25, -0.2) is 9.97 Å². The molecular formula is C13H18N4O. The Bertz CT molecular complexity index is 499. The molecule has 0 saturated carbocycles. The van der Waals surface area contributed by atoms with Gasteiger partial charge in [0.05, 0.1) is 6.54 Å². The lowest BCUT2D eigenvalue weighted by Crippen LogP contribution is -2.05. The molecule has 2 rings (SSSR count). The second-order valence-corrected chi connectivity index (χ2v) is 4.02. The van der Waals surface area contributed by atoms with Gasteiger partial charge in [0.2, 0.25) is 0 Å². The number of rotatable bonds is 5. The molecule has 0 radical (unpaired) electrons. The highest BCUT2D eigenvalue weighted by Gasteiger charge is 2.03. The lowest BCUT2D eigenvalue weighted by atomic mass is 10.4. The first-order chi connectivity index (χ1) is 8.71. The van der Waals surface area contributed by atoms with E-state index in [1.807, 2.05) is 39.1 Å². The molecule has 0 aromatic carbocycles. The zero-order valence-electron chi connectivity index (χ0n) is 10.9. The molecule has 0 unspecified atom stereocenters. The second kappa shape index (κ2) is 5.53. The Kier molecular flexibility index (Phi) is 3.82. The van der Waals surface area contributed by atoms with Crippen LogP contribution in [0.1, 0.15) is 24.3 Å². The van der Waals surface area contributed by atoms with Crippen LogP contribution in [-0.2, 0) is 13.0 Å². The topological polar surface area (TPSA) is 63.0 Å². The third-order valence-electron chi connectivity index (χ3n) is 2.58. The van der Waals surface area contributed by atoms with E-state index in [9.17, 15) is 0 Å². The molecule has 2 aromatic heterocycles. The summed E-state index contributed by atoms with van der Waals surface area (Å²) in [5.74, 6) is 4.26. The van der Waals surface area contributed by atoms with E-state index in [-0.39, 0.29) is 0 Å². The highest BCUT2D eigenvalue weighted by molar-refractivity contribution is 5.47. The van der Waals surface area contributed by atoms with Gasteiger partial charge in [0.15, 0.2) is 0 Å². The number of furan rings is 1. The van der Waals surface area contributed by atoms with Gasteiger partial charge in [-0.1, -0.05) is 6.92 Å². The van der Waals surface area contributed by atoms with E-state index >= 15 is 0 Å². The molecule has 0 aliphatic rings. The van der Waals surface area contributed by atoms with Gasteiger partial charge in [-0.05, 0) is 19.1 Å². The summed E-state index contributed by atoms with van der Waals surface area (Å²) in [5, 5.41) is 6.27. The molecule has 2 N–H and O–H groups in total. The molecule has 0 amide bonds. The van der Waals surface area contributed by atoms with Crippen LogP contribution < -0.4 is 10.6 Å². The average Bonchev–Trinajstić information content (AvgIpc) is 2.81. The number of anilines is 2. The predicted octanol–water partition coefficient (Wildman–Crippen LogP) is 2.59. The van der Waals surface area contributed by atoms with Crippen molar-refractivity contribution in [2.75, 3.05) is 17.7 Å². The van der Waals surface area contributed by atoms with E-state index in [1.165, 1.54) is 0 Å². The molecule has 5 heteroatoms. The normalized spacial score (nSPS) is 10.4. The summed E-state index contributed by atoms with van der Waals surface area (Å²) in [6.45, 7) is 4.59. The zero-order chi connectivity index (χ0) is 13.0. The molecule has 5 nitrogen and oxygen atoms in total. The number of nitrogens with zero attached hydrogens (tertiary/aromatic N) is 2. The fraction of sp³-hybridized carbons (Fsp3) is 0.385. The summed E-state index contributed by atoms with van der Waals surface area (Å²) in [6.07, 6.45) is 0.810. The molecule has 2 heterocycles. The Morgan fingerprint density at radius 1 is 1.22 bits per heavy atom. The van der Waals surface area contributed by atoms with Crippen molar-refractivity contribution in [1.82, 2.24) is 9.97 Å². The maximum Gasteiger partial charge on any atom is 0.132 e. The highest BCUT2D eigenvalue weighted by atomic mass is 16.3. The maximum atomic E-state index is 5.50. The minimum Gasteiger partial charge on any atom is -0.465 e. The standard InChI is InChI=1S/C13H18N4O/c1-4-11-16-12(14-3)7-13(17-11)15-8-10-6-5-9(2)18-10/h5-7H,4,8H2,1-3H3,(H2,14,15,16,17). The van der Waals surface area contributed by atoms with Crippen LogP contribution in [0.2, 0.25) is 0 Å². The molecule has 2 aromatic rings. The van der Waals surface area contributed by atoms with Crippen molar-refractivity contribution in [2.45, 2.75) is 26.8 Å². The van der Waals surface area contributed by atoms with Gasteiger partial charge in [0.1, 0.15) is 29.0 Å². The van der Waals surface area contributed by atoms with Crippen LogP contribution in [0.15, 0.2) is 22.6 Å². The predicted molar refractivity (Wildman–Crippen MR) is 71.7 cm³/mol. The highest BCUT2D eigenvalue weighted by Crippen LogP contribution is 2.13. The largest absolute Gasteiger partial charge is 0.465 e. The molecular weight excluding hydrogens is 228 g/mol. The fourth-order valence-corrected chi connectivity index (χ4v) is 1.63. The lowest BCUT2D eigenvalue weighted by molar-refractivity contribution is 0.490. The zero-order valence-corrected chi connectivity index (χ0v) is 10.9. The average molecular weight is 246 g/mol. The Balaban J connectivity index is 2.08. The van der Waals surface area contributed by atoms with Crippen molar-refractivity contribution in [3.8, 4) is 0 Å². The second-order valence-electron chi connectivity index (χ2n) is 4.02. The first-order valence-corrected chi connectivity index (χ1v) is 6.06. The van der Waals surface area contributed by atoms with E-state index in [0.717, 1.165) is 35.4 Å². The number of nitrogens with one attached hydrogen (secondary N) is 2. The summed E-state index contributed by atoms with van der Waals surface area (Å²) in [6, 6.07) is 5.80. The molecule has 96 valence electrons. The van der Waals surface area contributed by atoms with Gasteiger partial charge in [0, 0.05) is 19.5 Å². The Labute approximate surface area is 107 Å². The third kappa shape index (κ3) is 3.00.